The number of nitriles is 1. The molecule has 1 aliphatic carbocycles. The molecule has 22 heavy (non-hydrogen) atoms. The molecule has 1 fully saturated rings. The summed E-state index contributed by atoms with van der Waals surface area (Å²) in [5, 5.41) is 23.1. The van der Waals surface area contributed by atoms with Crippen LogP contribution >= 0.6 is 0 Å². The lowest BCUT2D eigenvalue weighted by atomic mass is 9.92. The van der Waals surface area contributed by atoms with Gasteiger partial charge in [-0.05, 0) is 37.8 Å². The highest BCUT2D eigenvalue weighted by Crippen LogP contribution is 2.30. The quantitative estimate of drug-likeness (QED) is 0.521. The second kappa shape index (κ2) is 6.89. The summed E-state index contributed by atoms with van der Waals surface area (Å²) >= 11 is 0. The van der Waals surface area contributed by atoms with Crippen LogP contribution in [-0.2, 0) is 9.53 Å². The van der Waals surface area contributed by atoms with Gasteiger partial charge in [0.1, 0.15) is 11.8 Å². The molecular formula is C15H17N3O4. The maximum atomic E-state index is 11.1. The Hall–Kier alpha value is -2.62. The van der Waals surface area contributed by atoms with Crippen molar-refractivity contribution in [1.82, 2.24) is 0 Å². The molecule has 2 rings (SSSR count). The van der Waals surface area contributed by atoms with Gasteiger partial charge in [0.15, 0.2) is 0 Å². The standard InChI is InChI=1S/C15H17N3O4/c1-10(19)22-13-5-3-12(4-6-13)17-14-7-2-11(9-16)8-15(14)18(20)21/h2,7-8,12-13,17H,3-6H2,1H3. The lowest BCUT2D eigenvalue weighted by Gasteiger charge is -2.29. The van der Waals surface area contributed by atoms with Gasteiger partial charge in [0.25, 0.3) is 5.69 Å². The zero-order valence-electron chi connectivity index (χ0n) is 12.2. The van der Waals surface area contributed by atoms with Gasteiger partial charge in [-0.3, -0.25) is 14.9 Å². The van der Waals surface area contributed by atoms with Crippen LogP contribution < -0.4 is 5.32 Å². The summed E-state index contributed by atoms with van der Waals surface area (Å²) in [6.07, 6.45) is 2.96. The van der Waals surface area contributed by atoms with Gasteiger partial charge in [0.2, 0.25) is 0 Å². The van der Waals surface area contributed by atoms with Gasteiger partial charge >= 0.3 is 5.97 Å². The van der Waals surface area contributed by atoms with Gasteiger partial charge in [-0.15, -0.1) is 0 Å². The fourth-order valence-electron chi connectivity index (χ4n) is 2.65. The van der Waals surface area contributed by atoms with Crippen LogP contribution in [0.25, 0.3) is 0 Å². The number of carbonyl (C=O) groups is 1. The number of anilines is 1. The topological polar surface area (TPSA) is 105 Å². The largest absolute Gasteiger partial charge is 0.463 e. The molecule has 1 N–H and O–H groups in total. The first-order valence-corrected chi connectivity index (χ1v) is 7.12. The van der Waals surface area contributed by atoms with Crippen LogP contribution in [0.5, 0.6) is 0 Å². The molecular weight excluding hydrogens is 286 g/mol. The number of nitrogens with zero attached hydrogens (tertiary/aromatic N) is 2. The third-order valence-corrected chi connectivity index (χ3v) is 3.69. The Morgan fingerprint density at radius 3 is 2.64 bits per heavy atom. The van der Waals surface area contributed by atoms with Gasteiger partial charge in [0, 0.05) is 19.0 Å². The van der Waals surface area contributed by atoms with Crippen molar-refractivity contribution in [2.75, 3.05) is 5.32 Å². The van der Waals surface area contributed by atoms with E-state index in [1.165, 1.54) is 13.0 Å². The molecule has 7 heteroatoms. The molecule has 1 saturated carbocycles. The van der Waals surface area contributed by atoms with Crippen LogP contribution in [0.4, 0.5) is 11.4 Å². The van der Waals surface area contributed by atoms with Crippen molar-refractivity contribution in [3.63, 3.8) is 0 Å². The number of hydrogen-bond donors (Lipinski definition) is 1. The maximum absolute atomic E-state index is 11.1. The summed E-state index contributed by atoms with van der Waals surface area (Å²) in [4.78, 5) is 21.5. The lowest BCUT2D eigenvalue weighted by Crippen LogP contribution is -2.30. The second-order valence-corrected chi connectivity index (χ2v) is 5.33. The molecule has 0 aromatic heterocycles. The van der Waals surface area contributed by atoms with Crippen LogP contribution in [0.2, 0.25) is 0 Å². The molecule has 1 aromatic rings. The molecule has 0 radical (unpaired) electrons. The van der Waals surface area contributed by atoms with Crippen molar-refractivity contribution in [1.29, 1.82) is 5.26 Å². The number of rotatable bonds is 4. The highest BCUT2D eigenvalue weighted by molar-refractivity contribution is 5.66. The maximum Gasteiger partial charge on any atom is 0.302 e. The predicted molar refractivity (Wildman–Crippen MR) is 79.2 cm³/mol. The number of ether oxygens (including phenoxy) is 1. The summed E-state index contributed by atoms with van der Waals surface area (Å²) < 4.78 is 5.17. The van der Waals surface area contributed by atoms with E-state index in [0.717, 1.165) is 25.7 Å². The van der Waals surface area contributed by atoms with Crippen LogP contribution in [0, 0.1) is 21.4 Å². The van der Waals surface area contributed by atoms with Gasteiger partial charge in [-0.2, -0.15) is 5.26 Å². The SMILES string of the molecule is CC(=O)OC1CCC(Nc2ccc(C#N)cc2[N+](=O)[O-])CC1. The summed E-state index contributed by atoms with van der Waals surface area (Å²) in [6.45, 7) is 1.39. The average Bonchev–Trinajstić information content (AvgIpc) is 2.49. The Labute approximate surface area is 128 Å². The second-order valence-electron chi connectivity index (χ2n) is 5.33. The van der Waals surface area contributed by atoms with Crippen molar-refractivity contribution >= 4 is 17.3 Å². The Kier molecular flexibility index (Phi) is 4.94. The molecule has 0 atom stereocenters. The van der Waals surface area contributed by atoms with Gasteiger partial charge < -0.3 is 10.1 Å². The van der Waals surface area contributed by atoms with Gasteiger partial charge in [-0.25, -0.2) is 0 Å². The molecule has 0 aliphatic heterocycles. The predicted octanol–water partition coefficient (Wildman–Crippen LogP) is 2.75. The van der Waals surface area contributed by atoms with E-state index in [2.05, 4.69) is 5.32 Å². The Morgan fingerprint density at radius 2 is 2.09 bits per heavy atom. The summed E-state index contributed by atoms with van der Waals surface area (Å²) in [5.74, 6) is -0.279. The van der Waals surface area contributed by atoms with Crippen LogP contribution in [-0.4, -0.2) is 23.0 Å². The highest BCUT2D eigenvalue weighted by atomic mass is 16.6. The molecule has 0 amide bonds. The fraction of sp³-hybridized carbons (Fsp3) is 0.467. The minimum atomic E-state index is -0.492. The first kappa shape index (κ1) is 15.8. The average molecular weight is 303 g/mol. The molecule has 0 bridgehead atoms. The molecule has 7 nitrogen and oxygen atoms in total. The van der Waals surface area contributed by atoms with E-state index in [1.807, 2.05) is 6.07 Å². The molecule has 0 unspecified atom stereocenters. The third-order valence-electron chi connectivity index (χ3n) is 3.69. The third kappa shape index (κ3) is 3.95. The number of benzene rings is 1. The molecule has 1 aliphatic rings. The number of esters is 1. The number of hydrogen-bond acceptors (Lipinski definition) is 6. The fourth-order valence-corrected chi connectivity index (χ4v) is 2.65. The number of nitrogens with one attached hydrogen (secondary N) is 1. The highest BCUT2D eigenvalue weighted by Gasteiger charge is 2.25. The van der Waals surface area contributed by atoms with E-state index in [-0.39, 0.29) is 29.4 Å². The van der Waals surface area contributed by atoms with Crippen LogP contribution in [0.1, 0.15) is 38.2 Å². The zero-order chi connectivity index (χ0) is 16.1. The Bertz CT molecular complexity index is 616. The van der Waals surface area contributed by atoms with E-state index in [9.17, 15) is 14.9 Å². The van der Waals surface area contributed by atoms with Crippen molar-refractivity contribution in [3.8, 4) is 6.07 Å². The molecule has 0 spiro atoms. The van der Waals surface area contributed by atoms with Crippen molar-refractivity contribution in [3.05, 3.63) is 33.9 Å². The molecule has 0 saturated heterocycles. The zero-order valence-corrected chi connectivity index (χ0v) is 12.2. The molecule has 1 aromatic carbocycles. The van der Waals surface area contributed by atoms with E-state index in [4.69, 9.17) is 10.00 Å². The van der Waals surface area contributed by atoms with E-state index in [1.54, 1.807) is 12.1 Å². The number of nitro groups is 1. The van der Waals surface area contributed by atoms with Crippen LogP contribution in [0.3, 0.4) is 0 Å². The Morgan fingerprint density at radius 1 is 1.41 bits per heavy atom. The number of nitro benzene ring substituents is 1. The number of carbonyl (C=O) groups excluding carboxylic acids is 1. The first-order valence-electron chi connectivity index (χ1n) is 7.12. The summed E-state index contributed by atoms with van der Waals surface area (Å²) in [6, 6.07) is 6.38. The normalized spacial score (nSPS) is 20.7. The monoisotopic (exact) mass is 303 g/mol. The molecule has 116 valence electrons. The van der Waals surface area contributed by atoms with E-state index in [0.29, 0.717) is 5.69 Å². The summed E-state index contributed by atoms with van der Waals surface area (Å²) in [7, 11) is 0. The van der Waals surface area contributed by atoms with E-state index < -0.39 is 4.92 Å². The van der Waals surface area contributed by atoms with Crippen molar-refractivity contribution < 1.29 is 14.5 Å². The minimum absolute atomic E-state index is 0.0634. The lowest BCUT2D eigenvalue weighted by molar-refractivity contribution is -0.384. The Balaban J connectivity index is 2.02. The smallest absolute Gasteiger partial charge is 0.302 e. The van der Waals surface area contributed by atoms with Crippen molar-refractivity contribution in [2.45, 2.75) is 44.8 Å². The molecule has 0 heterocycles. The minimum Gasteiger partial charge on any atom is -0.463 e. The van der Waals surface area contributed by atoms with Gasteiger partial charge in [-0.1, -0.05) is 0 Å². The summed E-state index contributed by atoms with van der Waals surface area (Å²) in [5.41, 5.74) is 0.580. The van der Waals surface area contributed by atoms with Crippen LogP contribution in [0.15, 0.2) is 18.2 Å². The van der Waals surface area contributed by atoms with E-state index >= 15 is 0 Å². The van der Waals surface area contributed by atoms with Crippen molar-refractivity contribution in [2.24, 2.45) is 0 Å². The first-order chi connectivity index (χ1) is 10.5. The van der Waals surface area contributed by atoms with Gasteiger partial charge in [0.05, 0.1) is 16.6 Å².